The van der Waals surface area contributed by atoms with E-state index in [1.165, 1.54) is 18.7 Å². The number of aliphatic hydroxyl groups is 1. The van der Waals surface area contributed by atoms with Crippen molar-refractivity contribution < 1.29 is 14.7 Å². The number of benzene rings is 2. The van der Waals surface area contributed by atoms with E-state index in [1.54, 1.807) is 12.1 Å². The molecule has 0 saturated heterocycles. The zero-order valence-electron chi connectivity index (χ0n) is 14.2. The first-order valence-electron chi connectivity index (χ1n) is 8.00. The molecule has 2 rings (SSSR count). The molecule has 132 valence electrons. The van der Waals surface area contributed by atoms with E-state index < -0.39 is 6.10 Å². The summed E-state index contributed by atoms with van der Waals surface area (Å²) in [7, 11) is 0. The Labute approximate surface area is 151 Å². The lowest BCUT2D eigenvalue weighted by Gasteiger charge is -2.15. The van der Waals surface area contributed by atoms with Gasteiger partial charge >= 0.3 is 0 Å². The molecule has 0 spiro atoms. The lowest BCUT2D eigenvalue weighted by molar-refractivity contribution is -0.120. The maximum absolute atomic E-state index is 12.2. The number of anilines is 1. The summed E-state index contributed by atoms with van der Waals surface area (Å²) < 4.78 is 0. The van der Waals surface area contributed by atoms with Gasteiger partial charge in [0.25, 0.3) is 0 Å². The number of rotatable bonds is 7. The molecule has 2 aromatic rings. The molecule has 2 aromatic carbocycles. The first-order valence-corrected chi connectivity index (χ1v) is 8.88. The SMILES string of the molecule is CC(=O)Nc1ccc(S[C@@H](C)C(=O)NC[C@H](O)c2ccccc2)cc1. The summed E-state index contributed by atoms with van der Waals surface area (Å²) in [5, 5.41) is 15.3. The summed E-state index contributed by atoms with van der Waals surface area (Å²) in [6, 6.07) is 16.5. The van der Waals surface area contributed by atoms with E-state index >= 15 is 0 Å². The lowest BCUT2D eigenvalue weighted by atomic mass is 10.1. The van der Waals surface area contributed by atoms with E-state index in [0.29, 0.717) is 0 Å². The minimum absolute atomic E-state index is 0.120. The average molecular weight is 358 g/mol. The average Bonchev–Trinajstić information content (AvgIpc) is 2.61. The number of aliphatic hydroxyl groups excluding tert-OH is 1. The molecule has 0 saturated carbocycles. The number of thioether (sulfide) groups is 1. The molecule has 0 unspecified atom stereocenters. The van der Waals surface area contributed by atoms with Crippen molar-refractivity contribution in [3.05, 3.63) is 60.2 Å². The van der Waals surface area contributed by atoms with Crippen molar-refractivity contribution in [2.45, 2.75) is 30.1 Å². The number of hydrogen-bond donors (Lipinski definition) is 3. The quantitative estimate of drug-likeness (QED) is 0.665. The van der Waals surface area contributed by atoms with E-state index in [-0.39, 0.29) is 23.6 Å². The van der Waals surface area contributed by atoms with Crippen molar-refractivity contribution in [3.8, 4) is 0 Å². The topological polar surface area (TPSA) is 78.4 Å². The van der Waals surface area contributed by atoms with Crippen LogP contribution in [0.1, 0.15) is 25.5 Å². The third kappa shape index (κ3) is 6.25. The van der Waals surface area contributed by atoms with Gasteiger partial charge in [0.1, 0.15) is 0 Å². The zero-order chi connectivity index (χ0) is 18.2. The molecular formula is C19H22N2O3S. The van der Waals surface area contributed by atoms with Gasteiger partial charge in [-0.05, 0) is 36.8 Å². The predicted octanol–water partition coefficient (Wildman–Crippen LogP) is 2.98. The summed E-state index contributed by atoms with van der Waals surface area (Å²) in [5.41, 5.74) is 1.50. The number of nitrogens with one attached hydrogen (secondary N) is 2. The van der Waals surface area contributed by atoms with Gasteiger partial charge in [0.2, 0.25) is 11.8 Å². The molecule has 2 atom stereocenters. The summed E-state index contributed by atoms with van der Waals surface area (Å²) in [6.45, 7) is 3.45. The Bertz CT molecular complexity index is 704. The largest absolute Gasteiger partial charge is 0.387 e. The number of amides is 2. The second kappa shape index (κ2) is 9.25. The molecule has 0 bridgehead atoms. The second-order valence-corrected chi connectivity index (χ2v) is 7.05. The van der Waals surface area contributed by atoms with Crippen molar-refractivity contribution in [1.29, 1.82) is 0 Å². The van der Waals surface area contributed by atoms with Gasteiger partial charge in [-0.2, -0.15) is 0 Å². The predicted molar refractivity (Wildman–Crippen MR) is 100 cm³/mol. The highest BCUT2D eigenvalue weighted by Crippen LogP contribution is 2.25. The lowest BCUT2D eigenvalue weighted by Crippen LogP contribution is -2.34. The van der Waals surface area contributed by atoms with Gasteiger partial charge in [0.05, 0.1) is 11.4 Å². The van der Waals surface area contributed by atoms with E-state index in [4.69, 9.17) is 0 Å². The van der Waals surface area contributed by atoms with E-state index in [9.17, 15) is 14.7 Å². The van der Waals surface area contributed by atoms with Crippen molar-refractivity contribution in [2.75, 3.05) is 11.9 Å². The first-order chi connectivity index (χ1) is 12.0. The maximum Gasteiger partial charge on any atom is 0.233 e. The van der Waals surface area contributed by atoms with Crippen molar-refractivity contribution in [1.82, 2.24) is 5.32 Å². The Morgan fingerprint density at radius 1 is 1.08 bits per heavy atom. The highest BCUT2D eigenvalue weighted by molar-refractivity contribution is 8.00. The van der Waals surface area contributed by atoms with Crippen LogP contribution in [0, 0.1) is 0 Å². The fraction of sp³-hybridized carbons (Fsp3) is 0.263. The Kier molecular flexibility index (Phi) is 7.03. The van der Waals surface area contributed by atoms with Crippen molar-refractivity contribution >= 4 is 29.3 Å². The van der Waals surface area contributed by atoms with Gasteiger partial charge in [-0.15, -0.1) is 11.8 Å². The van der Waals surface area contributed by atoms with Crippen LogP contribution in [-0.2, 0) is 9.59 Å². The van der Waals surface area contributed by atoms with Crippen LogP contribution in [0.5, 0.6) is 0 Å². The van der Waals surface area contributed by atoms with Crippen molar-refractivity contribution in [3.63, 3.8) is 0 Å². The van der Waals surface area contributed by atoms with E-state index in [2.05, 4.69) is 10.6 Å². The Balaban J connectivity index is 1.82. The Hall–Kier alpha value is -2.31. The fourth-order valence-electron chi connectivity index (χ4n) is 2.21. The molecule has 25 heavy (non-hydrogen) atoms. The molecular weight excluding hydrogens is 336 g/mol. The molecule has 6 heteroatoms. The summed E-state index contributed by atoms with van der Waals surface area (Å²) in [4.78, 5) is 24.1. The molecule has 0 aliphatic carbocycles. The third-order valence-electron chi connectivity index (χ3n) is 3.51. The van der Waals surface area contributed by atoms with E-state index in [0.717, 1.165) is 16.1 Å². The molecule has 2 amide bonds. The van der Waals surface area contributed by atoms with Crippen LogP contribution in [0.4, 0.5) is 5.69 Å². The van der Waals surface area contributed by atoms with Crippen LogP contribution >= 0.6 is 11.8 Å². The first kappa shape index (κ1) is 19.0. The molecule has 0 radical (unpaired) electrons. The highest BCUT2D eigenvalue weighted by atomic mass is 32.2. The smallest absolute Gasteiger partial charge is 0.233 e. The van der Waals surface area contributed by atoms with Crippen LogP contribution in [0.3, 0.4) is 0 Å². The monoisotopic (exact) mass is 358 g/mol. The maximum atomic E-state index is 12.2. The van der Waals surface area contributed by atoms with Gasteiger partial charge in [-0.1, -0.05) is 30.3 Å². The number of hydrogen-bond acceptors (Lipinski definition) is 4. The Morgan fingerprint density at radius 3 is 2.32 bits per heavy atom. The molecule has 0 aromatic heterocycles. The summed E-state index contributed by atoms with van der Waals surface area (Å²) in [5.74, 6) is -0.254. The van der Waals surface area contributed by atoms with Gasteiger partial charge in [0, 0.05) is 24.1 Å². The van der Waals surface area contributed by atoms with Crippen LogP contribution in [0.2, 0.25) is 0 Å². The van der Waals surface area contributed by atoms with Gasteiger partial charge in [-0.25, -0.2) is 0 Å². The summed E-state index contributed by atoms with van der Waals surface area (Å²) in [6.07, 6.45) is -0.723. The molecule has 0 aliphatic heterocycles. The normalized spacial score (nSPS) is 12.9. The highest BCUT2D eigenvalue weighted by Gasteiger charge is 2.16. The van der Waals surface area contributed by atoms with Crippen LogP contribution in [0.15, 0.2) is 59.5 Å². The summed E-state index contributed by atoms with van der Waals surface area (Å²) >= 11 is 1.42. The van der Waals surface area contributed by atoms with Crippen LogP contribution in [-0.4, -0.2) is 28.7 Å². The molecule has 0 fully saturated rings. The molecule has 5 nitrogen and oxygen atoms in total. The minimum atomic E-state index is -0.723. The van der Waals surface area contributed by atoms with Crippen LogP contribution < -0.4 is 10.6 Å². The standard InChI is InChI=1S/C19H22N2O3S/c1-13(25-17-10-8-16(9-11-17)21-14(2)22)19(24)20-12-18(23)15-6-4-3-5-7-15/h3-11,13,18,23H,12H2,1-2H3,(H,20,24)(H,21,22)/t13-,18-/m0/s1. The zero-order valence-corrected chi connectivity index (χ0v) is 15.0. The van der Waals surface area contributed by atoms with Gasteiger partial charge in [0.15, 0.2) is 0 Å². The number of carbonyl (C=O) groups excluding carboxylic acids is 2. The minimum Gasteiger partial charge on any atom is -0.387 e. The Morgan fingerprint density at radius 2 is 1.72 bits per heavy atom. The van der Waals surface area contributed by atoms with Crippen molar-refractivity contribution in [2.24, 2.45) is 0 Å². The molecule has 0 aliphatic rings. The second-order valence-electron chi connectivity index (χ2n) is 5.64. The van der Waals surface area contributed by atoms with Gasteiger partial charge in [-0.3, -0.25) is 9.59 Å². The number of carbonyl (C=O) groups is 2. The van der Waals surface area contributed by atoms with Crippen LogP contribution in [0.25, 0.3) is 0 Å². The third-order valence-corrected chi connectivity index (χ3v) is 4.62. The fourth-order valence-corrected chi connectivity index (χ4v) is 3.10. The van der Waals surface area contributed by atoms with Gasteiger partial charge < -0.3 is 15.7 Å². The van der Waals surface area contributed by atoms with E-state index in [1.807, 2.05) is 49.4 Å². The molecule has 3 N–H and O–H groups in total. The molecule has 0 heterocycles.